The summed E-state index contributed by atoms with van der Waals surface area (Å²) in [7, 11) is 0. The number of hydrogen-bond acceptors (Lipinski definition) is 8. The molecule has 8 rings (SSSR count). The zero-order valence-electron chi connectivity index (χ0n) is 27.0. The summed E-state index contributed by atoms with van der Waals surface area (Å²) in [6.07, 6.45) is 3.67. The van der Waals surface area contributed by atoms with Crippen LogP contribution in [0.2, 0.25) is 0 Å². The highest BCUT2D eigenvalue weighted by Gasteiger charge is 2.56. The van der Waals surface area contributed by atoms with E-state index in [4.69, 9.17) is 14.2 Å². The van der Waals surface area contributed by atoms with E-state index in [1.54, 1.807) is 0 Å². The van der Waals surface area contributed by atoms with Gasteiger partial charge in [0.1, 0.15) is 16.9 Å². The maximum atomic E-state index is 11.6. The molecule has 12 nitrogen and oxygen atoms in total. The summed E-state index contributed by atoms with van der Waals surface area (Å²) in [4.78, 5) is 55.9. The van der Waals surface area contributed by atoms with Gasteiger partial charge in [-0.25, -0.2) is 9.59 Å². The van der Waals surface area contributed by atoms with Crippen LogP contribution in [0.3, 0.4) is 0 Å². The molecule has 3 saturated carbocycles. The Morgan fingerprint density at radius 3 is 1.10 bits per heavy atom. The van der Waals surface area contributed by atoms with Gasteiger partial charge in [0.15, 0.2) is 0 Å². The van der Waals surface area contributed by atoms with Gasteiger partial charge in [-0.05, 0) is 16.7 Å². The van der Waals surface area contributed by atoms with Crippen LogP contribution in [-0.4, -0.2) is 59.0 Å². The third kappa shape index (κ3) is 8.58. The van der Waals surface area contributed by atoms with Gasteiger partial charge in [-0.15, -0.1) is 0 Å². The second kappa shape index (κ2) is 15.1. The molecule has 49 heavy (non-hydrogen) atoms. The van der Waals surface area contributed by atoms with E-state index in [1.165, 1.54) is 5.56 Å². The lowest BCUT2D eigenvalue weighted by atomic mass is 9.74. The lowest BCUT2D eigenvalue weighted by Gasteiger charge is -2.41. The molecule has 3 aromatic rings. The summed E-state index contributed by atoms with van der Waals surface area (Å²) in [5.74, 6) is -0.141. The van der Waals surface area contributed by atoms with Gasteiger partial charge in [-0.1, -0.05) is 91.0 Å². The molecule has 3 aliphatic carbocycles. The Morgan fingerprint density at radius 1 is 0.490 bits per heavy atom. The van der Waals surface area contributed by atoms with Crippen molar-refractivity contribution in [2.75, 3.05) is 0 Å². The molecule has 2 aliphatic heterocycles. The number of nitrogens with one attached hydrogen (secondary N) is 4. The Morgan fingerprint density at radius 2 is 0.816 bits per heavy atom. The molecular weight excluding hydrogens is 628 g/mol. The minimum absolute atomic E-state index is 0.0364. The molecule has 5 fully saturated rings. The number of carbonyl (C=O) groups is 5. The van der Waals surface area contributed by atoms with E-state index in [0.29, 0.717) is 64.1 Å². The summed E-state index contributed by atoms with van der Waals surface area (Å²) in [5.41, 5.74) is 1.97. The highest BCUT2D eigenvalue weighted by atomic mass is 16.5. The van der Waals surface area contributed by atoms with Crippen molar-refractivity contribution in [3.8, 4) is 0 Å². The van der Waals surface area contributed by atoms with Gasteiger partial charge in [0.05, 0.1) is 38.1 Å². The van der Waals surface area contributed by atoms with Crippen molar-refractivity contribution in [1.29, 1.82) is 0 Å². The van der Waals surface area contributed by atoms with Crippen molar-refractivity contribution in [3.63, 3.8) is 0 Å². The van der Waals surface area contributed by atoms with E-state index in [2.05, 4.69) is 21.3 Å². The van der Waals surface area contributed by atoms with Crippen LogP contribution in [0, 0.1) is 0 Å². The van der Waals surface area contributed by atoms with Crippen LogP contribution < -0.4 is 21.3 Å². The third-order valence-electron chi connectivity index (χ3n) is 9.23. The van der Waals surface area contributed by atoms with Crippen LogP contribution in [0.15, 0.2) is 91.0 Å². The molecule has 0 bridgehead atoms. The number of imide groups is 2. The Labute approximate surface area is 284 Å². The molecule has 2 heterocycles. The first-order valence-electron chi connectivity index (χ1n) is 16.5. The monoisotopic (exact) mass is 668 g/mol. The van der Waals surface area contributed by atoms with Gasteiger partial charge in [0.25, 0.3) is 11.8 Å². The van der Waals surface area contributed by atoms with Crippen LogP contribution in [-0.2, 0) is 48.4 Å². The van der Waals surface area contributed by atoms with Crippen molar-refractivity contribution in [2.45, 2.75) is 87.7 Å². The number of amides is 6. The van der Waals surface area contributed by atoms with Gasteiger partial charge in [-0.2, -0.15) is 0 Å². The lowest BCUT2D eigenvalue weighted by Crippen LogP contribution is -2.59. The van der Waals surface area contributed by atoms with Crippen LogP contribution in [0.1, 0.15) is 55.2 Å². The van der Waals surface area contributed by atoms with Crippen LogP contribution in [0.4, 0.5) is 9.59 Å². The molecular formula is C37H40N4O8. The first kappa shape index (κ1) is 34.0. The lowest BCUT2D eigenvalue weighted by molar-refractivity contribution is -0.136. The second-order valence-corrected chi connectivity index (χ2v) is 13.0. The number of ketones is 1. The molecule has 0 unspecified atom stereocenters. The molecule has 0 radical (unpaired) electrons. The Bertz CT molecular complexity index is 1540. The maximum absolute atomic E-state index is 11.6. The molecule has 12 heteroatoms. The fourth-order valence-electron chi connectivity index (χ4n) is 6.23. The maximum Gasteiger partial charge on any atom is 0.322 e. The van der Waals surface area contributed by atoms with Crippen LogP contribution in [0.5, 0.6) is 0 Å². The number of urea groups is 2. The molecule has 5 aliphatic rings. The van der Waals surface area contributed by atoms with E-state index in [9.17, 15) is 24.0 Å². The summed E-state index contributed by atoms with van der Waals surface area (Å²) in [6, 6.07) is 29.0. The van der Waals surface area contributed by atoms with Crippen molar-refractivity contribution >= 4 is 29.7 Å². The number of carbonyl (C=O) groups excluding carboxylic acids is 5. The van der Waals surface area contributed by atoms with Crippen LogP contribution >= 0.6 is 0 Å². The summed E-state index contributed by atoms with van der Waals surface area (Å²) in [6.45, 7) is 1.70. The highest BCUT2D eigenvalue weighted by molar-refractivity contribution is 6.08. The number of ether oxygens (including phenoxy) is 3. The van der Waals surface area contributed by atoms with Crippen molar-refractivity contribution < 1.29 is 38.2 Å². The van der Waals surface area contributed by atoms with E-state index >= 15 is 0 Å². The molecule has 3 aromatic carbocycles. The number of benzene rings is 3. The summed E-state index contributed by atoms with van der Waals surface area (Å²) < 4.78 is 16.9. The normalized spacial score (nSPS) is 26.5. The summed E-state index contributed by atoms with van der Waals surface area (Å²) >= 11 is 0. The summed E-state index contributed by atoms with van der Waals surface area (Å²) in [5, 5.41) is 9.85. The van der Waals surface area contributed by atoms with Crippen molar-refractivity contribution in [3.05, 3.63) is 108 Å². The quantitative estimate of drug-likeness (QED) is 0.250. The zero-order valence-corrected chi connectivity index (χ0v) is 27.0. The van der Waals surface area contributed by atoms with Gasteiger partial charge in [-0.3, -0.25) is 25.0 Å². The van der Waals surface area contributed by atoms with Gasteiger partial charge in [0, 0.05) is 38.5 Å². The minimum atomic E-state index is -0.710. The van der Waals surface area contributed by atoms with E-state index in [0.717, 1.165) is 11.1 Å². The SMILES string of the molecule is O=C1CC(OCc2ccccc2)C1.O=C1NC(=O)C2(CC(OCc3ccccc3)C2)N1.O=C1NC(=O)C2(CC(OCc3ccccc3)C2)N1. The highest BCUT2D eigenvalue weighted by Crippen LogP contribution is 2.38. The second-order valence-electron chi connectivity index (χ2n) is 13.0. The first-order valence-corrected chi connectivity index (χ1v) is 16.5. The minimum Gasteiger partial charge on any atom is -0.373 e. The predicted octanol–water partition coefficient (Wildman–Crippen LogP) is 3.82. The average molecular weight is 669 g/mol. The molecule has 256 valence electrons. The Kier molecular flexibility index (Phi) is 10.5. The van der Waals surface area contributed by atoms with E-state index in [1.807, 2.05) is 91.0 Å². The average Bonchev–Trinajstić information content (AvgIpc) is 3.54. The molecule has 2 spiro atoms. The molecule has 6 amide bonds. The number of rotatable bonds is 9. The van der Waals surface area contributed by atoms with Crippen LogP contribution in [0.25, 0.3) is 0 Å². The fourth-order valence-corrected chi connectivity index (χ4v) is 6.23. The smallest absolute Gasteiger partial charge is 0.322 e. The molecule has 0 atom stereocenters. The first-order chi connectivity index (χ1) is 23.7. The Hall–Kier alpha value is -4.91. The fraction of sp³-hybridized carbons (Fsp3) is 0.378. The van der Waals surface area contributed by atoms with Gasteiger partial charge < -0.3 is 24.8 Å². The molecule has 0 aromatic heterocycles. The van der Waals surface area contributed by atoms with E-state index < -0.39 is 23.1 Å². The zero-order chi connectivity index (χ0) is 34.3. The number of Topliss-reactive ketones (excluding diaryl/α,β-unsaturated/α-hetero) is 1. The number of hydrogen-bond donors (Lipinski definition) is 4. The topological polar surface area (TPSA) is 161 Å². The van der Waals surface area contributed by atoms with Crippen molar-refractivity contribution in [1.82, 2.24) is 21.3 Å². The standard InChI is InChI=1S/2C13H14N2O3.C11H12O2/c2*16-11-13(15-12(17)14-11)6-10(7-13)18-8-9-4-2-1-3-5-9;12-10-6-11(7-10)13-8-9-4-2-1-3-5-9/h2*1-5,10H,6-8H2,(H2,14,15,16,17);1-5,11H,6-8H2. The third-order valence-corrected chi connectivity index (χ3v) is 9.23. The van der Waals surface area contributed by atoms with E-state index in [-0.39, 0.29) is 30.1 Å². The largest absolute Gasteiger partial charge is 0.373 e. The Balaban J connectivity index is 0.000000130. The van der Waals surface area contributed by atoms with Crippen molar-refractivity contribution in [2.24, 2.45) is 0 Å². The molecule has 2 saturated heterocycles. The molecule has 4 N–H and O–H groups in total. The van der Waals surface area contributed by atoms with Gasteiger partial charge in [0.2, 0.25) is 0 Å². The van der Waals surface area contributed by atoms with Gasteiger partial charge >= 0.3 is 12.1 Å². The predicted molar refractivity (Wildman–Crippen MR) is 177 cm³/mol.